The molecule has 1 heterocycles. The van der Waals surface area contributed by atoms with E-state index in [-0.39, 0.29) is 6.42 Å². The molecule has 0 radical (unpaired) electrons. The number of azide groups is 1. The maximum absolute atomic E-state index is 11.2. The highest BCUT2D eigenvalue weighted by atomic mass is 16.6. The Balaban J connectivity index is 2.39. The van der Waals surface area contributed by atoms with Crippen LogP contribution in [0.4, 0.5) is 0 Å². The summed E-state index contributed by atoms with van der Waals surface area (Å²) >= 11 is 0. The van der Waals surface area contributed by atoms with Gasteiger partial charge in [0.1, 0.15) is 18.3 Å². The number of fused-ring (bicyclic) bond motifs is 2. The number of carbonyl (C=O) groups is 1. The van der Waals surface area contributed by atoms with E-state index in [2.05, 4.69) is 14.8 Å². The first-order chi connectivity index (χ1) is 7.00. The number of esters is 1. The minimum absolute atomic E-state index is 0.189. The van der Waals surface area contributed by atoms with Gasteiger partial charge in [-0.2, -0.15) is 0 Å². The third-order valence-electron chi connectivity index (χ3n) is 2.85. The second-order valence-corrected chi connectivity index (χ2v) is 3.70. The molecule has 0 aromatic heterocycles. The molecule has 1 aliphatic heterocycles. The number of rotatable bonds is 1. The van der Waals surface area contributed by atoms with E-state index in [1.54, 1.807) is 0 Å². The first-order valence-corrected chi connectivity index (χ1v) is 4.34. The van der Waals surface area contributed by atoms with E-state index in [0.29, 0.717) is 0 Å². The van der Waals surface area contributed by atoms with Gasteiger partial charge in [0.25, 0.3) is 0 Å². The van der Waals surface area contributed by atoms with E-state index < -0.39 is 35.9 Å². The van der Waals surface area contributed by atoms with E-state index in [0.717, 1.165) is 0 Å². The Bertz CT molecular complexity index is 355. The SMILES string of the molecule is [N-]=[N+]=N[C@H]1[C@@H](O)[C@H]2C[C@](O)(C(=O)O2)[C@@H]1O. The normalized spacial score (nSPS) is 48.3. The Hall–Kier alpha value is -1.34. The van der Waals surface area contributed by atoms with Crippen molar-refractivity contribution in [3.8, 4) is 0 Å². The van der Waals surface area contributed by atoms with Crippen LogP contribution in [0.2, 0.25) is 0 Å². The lowest BCUT2D eigenvalue weighted by atomic mass is 9.78. The zero-order valence-electron chi connectivity index (χ0n) is 7.52. The number of nitrogens with zero attached hydrogens (tertiary/aromatic N) is 3. The molecule has 3 N–H and O–H groups in total. The molecule has 0 amide bonds. The lowest BCUT2D eigenvalue weighted by Crippen LogP contribution is -2.59. The van der Waals surface area contributed by atoms with E-state index in [1.807, 2.05) is 0 Å². The molecule has 15 heavy (non-hydrogen) atoms. The number of carbonyl (C=O) groups excluding carboxylic acids is 1. The van der Waals surface area contributed by atoms with Gasteiger partial charge in [0.05, 0.1) is 6.04 Å². The molecule has 82 valence electrons. The van der Waals surface area contributed by atoms with Gasteiger partial charge in [0.2, 0.25) is 0 Å². The topological polar surface area (TPSA) is 136 Å². The first kappa shape index (κ1) is 10.2. The second-order valence-electron chi connectivity index (χ2n) is 3.70. The molecule has 0 aromatic carbocycles. The average Bonchev–Trinajstić information content (AvgIpc) is 2.47. The van der Waals surface area contributed by atoms with Gasteiger partial charge in [-0.25, -0.2) is 4.79 Å². The van der Waals surface area contributed by atoms with Crippen LogP contribution in [0.15, 0.2) is 5.11 Å². The number of ether oxygens (including phenoxy) is 1. The van der Waals surface area contributed by atoms with Gasteiger partial charge >= 0.3 is 5.97 Å². The molecule has 2 rings (SSSR count). The largest absolute Gasteiger partial charge is 0.457 e. The van der Waals surface area contributed by atoms with Crippen LogP contribution in [0.25, 0.3) is 10.4 Å². The van der Waals surface area contributed by atoms with Gasteiger partial charge in [-0.1, -0.05) is 5.11 Å². The highest BCUT2D eigenvalue weighted by Crippen LogP contribution is 2.39. The molecule has 2 bridgehead atoms. The Morgan fingerprint density at radius 3 is 2.87 bits per heavy atom. The Morgan fingerprint density at radius 2 is 2.27 bits per heavy atom. The quantitative estimate of drug-likeness (QED) is 0.210. The van der Waals surface area contributed by atoms with Gasteiger partial charge in [-0.3, -0.25) is 0 Å². The minimum Gasteiger partial charge on any atom is -0.457 e. The van der Waals surface area contributed by atoms with Crippen LogP contribution in [0.1, 0.15) is 6.42 Å². The zero-order valence-corrected chi connectivity index (χ0v) is 7.52. The van der Waals surface area contributed by atoms with Gasteiger partial charge in [-0.05, 0) is 5.53 Å². The van der Waals surface area contributed by atoms with Crippen molar-refractivity contribution >= 4 is 5.97 Å². The zero-order chi connectivity index (χ0) is 11.2. The number of aliphatic hydroxyl groups is 3. The third kappa shape index (κ3) is 1.20. The number of hydrogen-bond donors (Lipinski definition) is 3. The molecule has 5 atom stereocenters. The summed E-state index contributed by atoms with van der Waals surface area (Å²) in [7, 11) is 0. The van der Waals surface area contributed by atoms with Gasteiger partial charge < -0.3 is 20.1 Å². The maximum atomic E-state index is 11.2. The van der Waals surface area contributed by atoms with Gasteiger partial charge in [-0.15, -0.1) is 0 Å². The Morgan fingerprint density at radius 1 is 1.60 bits per heavy atom. The molecule has 0 spiro atoms. The van der Waals surface area contributed by atoms with Crippen molar-refractivity contribution < 1.29 is 24.9 Å². The predicted octanol–water partition coefficient (Wildman–Crippen LogP) is -1.55. The van der Waals surface area contributed by atoms with Crippen LogP contribution in [-0.2, 0) is 9.53 Å². The predicted molar refractivity (Wildman–Crippen MR) is 44.4 cm³/mol. The molecule has 8 nitrogen and oxygen atoms in total. The van der Waals surface area contributed by atoms with Crippen molar-refractivity contribution in [1.29, 1.82) is 0 Å². The van der Waals surface area contributed by atoms with E-state index in [1.165, 1.54) is 0 Å². The van der Waals surface area contributed by atoms with Crippen molar-refractivity contribution in [2.24, 2.45) is 5.11 Å². The van der Waals surface area contributed by atoms with Crippen LogP contribution in [-0.4, -0.2) is 51.2 Å². The second kappa shape index (κ2) is 3.07. The standard InChI is InChI=1S/C7H9N3O5/c8-10-9-3-4(11)2-1-7(14,5(3)12)6(13)15-2/h2-5,11-12,14H,1H2/t2-,3+,4+,5-,7-/m1/s1. The fourth-order valence-corrected chi connectivity index (χ4v) is 1.98. The fraction of sp³-hybridized carbons (Fsp3) is 0.857. The van der Waals surface area contributed by atoms with Gasteiger partial charge in [0.15, 0.2) is 5.60 Å². The lowest BCUT2D eigenvalue weighted by Gasteiger charge is -2.35. The van der Waals surface area contributed by atoms with Crippen LogP contribution < -0.4 is 0 Å². The van der Waals surface area contributed by atoms with E-state index >= 15 is 0 Å². The number of aliphatic hydroxyl groups excluding tert-OH is 2. The van der Waals surface area contributed by atoms with Crippen molar-refractivity contribution in [3.63, 3.8) is 0 Å². The molecule has 2 aliphatic rings. The summed E-state index contributed by atoms with van der Waals surface area (Å²) < 4.78 is 4.67. The average molecular weight is 215 g/mol. The molecular formula is C7H9N3O5. The van der Waals surface area contributed by atoms with E-state index in [4.69, 9.17) is 5.53 Å². The van der Waals surface area contributed by atoms with Crippen molar-refractivity contribution in [3.05, 3.63) is 10.4 Å². The smallest absolute Gasteiger partial charge is 0.341 e. The van der Waals surface area contributed by atoms with Crippen molar-refractivity contribution in [2.75, 3.05) is 0 Å². The first-order valence-electron chi connectivity index (χ1n) is 4.34. The third-order valence-corrected chi connectivity index (χ3v) is 2.85. The van der Waals surface area contributed by atoms with Crippen LogP contribution in [0, 0.1) is 0 Å². The van der Waals surface area contributed by atoms with Gasteiger partial charge in [0, 0.05) is 11.3 Å². The molecule has 0 aromatic rings. The molecule has 8 heteroatoms. The molecule has 1 saturated heterocycles. The molecular weight excluding hydrogens is 206 g/mol. The highest BCUT2D eigenvalue weighted by Gasteiger charge is 2.63. The van der Waals surface area contributed by atoms with Crippen LogP contribution in [0.3, 0.4) is 0 Å². The summed E-state index contributed by atoms with van der Waals surface area (Å²) in [5.74, 6) is -0.991. The molecule has 2 fully saturated rings. The number of hydrogen-bond acceptors (Lipinski definition) is 6. The summed E-state index contributed by atoms with van der Waals surface area (Å²) in [5, 5.41) is 32.1. The fourth-order valence-electron chi connectivity index (χ4n) is 1.98. The highest BCUT2D eigenvalue weighted by molar-refractivity contribution is 5.83. The van der Waals surface area contributed by atoms with Crippen LogP contribution in [0.5, 0.6) is 0 Å². The van der Waals surface area contributed by atoms with Crippen molar-refractivity contribution in [2.45, 2.75) is 36.4 Å². The molecule has 0 unspecified atom stereocenters. The summed E-state index contributed by atoms with van der Waals surface area (Å²) in [6.07, 6.45) is -4.05. The summed E-state index contributed by atoms with van der Waals surface area (Å²) in [6, 6.07) is -1.27. The van der Waals surface area contributed by atoms with Crippen LogP contribution >= 0.6 is 0 Å². The maximum Gasteiger partial charge on any atom is 0.341 e. The molecule has 1 saturated carbocycles. The molecule has 1 aliphatic carbocycles. The monoisotopic (exact) mass is 215 g/mol. The summed E-state index contributed by atoms with van der Waals surface area (Å²) in [4.78, 5) is 13.6. The van der Waals surface area contributed by atoms with Crippen molar-refractivity contribution in [1.82, 2.24) is 0 Å². The Labute approximate surface area is 83.7 Å². The summed E-state index contributed by atoms with van der Waals surface area (Å²) in [5.41, 5.74) is 6.16. The van der Waals surface area contributed by atoms with E-state index in [9.17, 15) is 20.1 Å². The minimum atomic E-state index is -2.07. The Kier molecular flexibility index (Phi) is 2.09. The lowest BCUT2D eigenvalue weighted by molar-refractivity contribution is -0.162. The summed E-state index contributed by atoms with van der Waals surface area (Å²) in [6.45, 7) is 0.